The van der Waals surface area contributed by atoms with Crippen LogP contribution in [0.3, 0.4) is 0 Å². The van der Waals surface area contributed by atoms with Crippen LogP contribution < -0.4 is 4.72 Å². The van der Waals surface area contributed by atoms with Crippen molar-refractivity contribution in [2.24, 2.45) is 0 Å². The summed E-state index contributed by atoms with van der Waals surface area (Å²) < 4.78 is 43.0. The molecular formula is C22H20N4O6S. The quantitative estimate of drug-likeness (QED) is 0.275. The van der Waals surface area contributed by atoms with Crippen molar-refractivity contribution in [3.63, 3.8) is 0 Å². The van der Waals surface area contributed by atoms with Crippen LogP contribution in [0, 0.1) is 0 Å². The lowest BCUT2D eigenvalue weighted by atomic mass is 10.2. The Labute approximate surface area is 189 Å². The fraction of sp³-hybridized carbons (Fsp3) is 0.182. The van der Waals surface area contributed by atoms with E-state index in [4.69, 9.17) is 13.7 Å². The zero-order valence-electron chi connectivity index (χ0n) is 17.4. The van der Waals surface area contributed by atoms with Crippen LogP contribution >= 0.6 is 0 Å². The Kier molecular flexibility index (Phi) is 6.91. The molecule has 0 saturated carbocycles. The number of aryl methyl sites for hydroxylation is 1. The second kappa shape index (κ2) is 10.2. The molecule has 1 aromatic carbocycles. The molecule has 11 heteroatoms. The normalized spacial score (nSPS) is 11.4. The van der Waals surface area contributed by atoms with Gasteiger partial charge < -0.3 is 13.7 Å². The lowest BCUT2D eigenvalue weighted by Gasteiger charge is -2.08. The van der Waals surface area contributed by atoms with E-state index in [-0.39, 0.29) is 23.6 Å². The molecule has 0 aliphatic rings. The largest absolute Gasteiger partial charge is 0.468 e. The molecule has 0 aliphatic carbocycles. The molecule has 0 saturated heterocycles. The number of pyridine rings is 1. The van der Waals surface area contributed by atoms with E-state index in [1.807, 2.05) is 6.07 Å². The molecule has 0 unspecified atom stereocenters. The van der Waals surface area contributed by atoms with Gasteiger partial charge in [0.1, 0.15) is 5.76 Å². The molecule has 3 aromatic heterocycles. The molecule has 4 aromatic rings. The van der Waals surface area contributed by atoms with Crippen molar-refractivity contribution in [3.05, 3.63) is 84.4 Å². The predicted molar refractivity (Wildman–Crippen MR) is 115 cm³/mol. The molecule has 33 heavy (non-hydrogen) atoms. The topological polar surface area (TPSA) is 137 Å². The number of nitrogens with zero attached hydrogens (tertiary/aromatic N) is 3. The second-order valence-electron chi connectivity index (χ2n) is 6.92. The van der Waals surface area contributed by atoms with Gasteiger partial charge in [0.05, 0.1) is 29.9 Å². The number of carbonyl (C=O) groups is 1. The molecule has 0 spiro atoms. The molecule has 170 valence electrons. The summed E-state index contributed by atoms with van der Waals surface area (Å²) in [6.07, 6.45) is 5.63. The van der Waals surface area contributed by atoms with Crippen LogP contribution in [0.4, 0.5) is 0 Å². The maximum absolute atomic E-state index is 12.5. The van der Waals surface area contributed by atoms with E-state index in [2.05, 4.69) is 19.8 Å². The number of hydrogen-bond donors (Lipinski definition) is 1. The van der Waals surface area contributed by atoms with Gasteiger partial charge in [-0.15, -0.1) is 0 Å². The Morgan fingerprint density at radius 3 is 2.82 bits per heavy atom. The van der Waals surface area contributed by atoms with Crippen LogP contribution in [0.1, 0.15) is 28.4 Å². The third kappa shape index (κ3) is 5.90. The van der Waals surface area contributed by atoms with Crippen LogP contribution in [0.2, 0.25) is 0 Å². The van der Waals surface area contributed by atoms with Crippen molar-refractivity contribution in [2.75, 3.05) is 6.61 Å². The molecular weight excluding hydrogens is 448 g/mol. The van der Waals surface area contributed by atoms with E-state index < -0.39 is 16.0 Å². The zero-order chi connectivity index (χ0) is 23.1. The van der Waals surface area contributed by atoms with Gasteiger partial charge >= 0.3 is 5.97 Å². The van der Waals surface area contributed by atoms with Crippen LogP contribution in [-0.4, -0.2) is 36.1 Å². The molecule has 4 rings (SSSR count). The highest BCUT2D eigenvalue weighted by Crippen LogP contribution is 2.15. The van der Waals surface area contributed by atoms with Crippen molar-refractivity contribution in [1.29, 1.82) is 0 Å². The van der Waals surface area contributed by atoms with Crippen molar-refractivity contribution in [3.8, 4) is 11.4 Å². The first-order chi connectivity index (χ1) is 16.0. The van der Waals surface area contributed by atoms with Gasteiger partial charge in [-0.1, -0.05) is 11.2 Å². The molecule has 0 fully saturated rings. The van der Waals surface area contributed by atoms with Gasteiger partial charge in [0, 0.05) is 24.4 Å². The number of hydrogen-bond acceptors (Lipinski definition) is 9. The van der Waals surface area contributed by atoms with Crippen molar-refractivity contribution in [2.45, 2.75) is 24.3 Å². The van der Waals surface area contributed by atoms with E-state index in [0.29, 0.717) is 30.3 Å². The number of sulfonamides is 1. The summed E-state index contributed by atoms with van der Waals surface area (Å²) in [5.41, 5.74) is 0.875. The Hall–Kier alpha value is -3.83. The van der Waals surface area contributed by atoms with E-state index in [1.54, 1.807) is 30.6 Å². The second-order valence-corrected chi connectivity index (χ2v) is 8.69. The first-order valence-corrected chi connectivity index (χ1v) is 11.5. The molecule has 3 heterocycles. The smallest absolute Gasteiger partial charge is 0.338 e. The number of esters is 1. The summed E-state index contributed by atoms with van der Waals surface area (Å²) in [5.74, 6) is 0.706. The van der Waals surface area contributed by atoms with Gasteiger partial charge in [-0.3, -0.25) is 4.98 Å². The molecule has 1 N–H and O–H groups in total. The third-order valence-electron chi connectivity index (χ3n) is 4.55. The first-order valence-electron chi connectivity index (χ1n) is 10.0. The number of ether oxygens (including phenoxy) is 1. The van der Waals surface area contributed by atoms with Gasteiger partial charge in [-0.05, 0) is 48.9 Å². The molecule has 0 amide bonds. The number of rotatable bonds is 10. The molecule has 10 nitrogen and oxygen atoms in total. The number of furan rings is 1. The van der Waals surface area contributed by atoms with Gasteiger partial charge in [-0.2, -0.15) is 4.98 Å². The average molecular weight is 468 g/mol. The first kappa shape index (κ1) is 22.4. The van der Waals surface area contributed by atoms with E-state index >= 15 is 0 Å². The summed E-state index contributed by atoms with van der Waals surface area (Å²) in [5, 5.41) is 3.91. The van der Waals surface area contributed by atoms with Crippen molar-refractivity contribution < 1.29 is 26.9 Å². The van der Waals surface area contributed by atoms with Crippen LogP contribution in [0.15, 0.2) is 81.0 Å². The van der Waals surface area contributed by atoms with E-state index in [9.17, 15) is 13.2 Å². The summed E-state index contributed by atoms with van der Waals surface area (Å²) >= 11 is 0. The summed E-state index contributed by atoms with van der Waals surface area (Å²) in [7, 11) is -3.82. The van der Waals surface area contributed by atoms with Crippen molar-refractivity contribution in [1.82, 2.24) is 19.8 Å². The van der Waals surface area contributed by atoms with Gasteiger partial charge in [0.15, 0.2) is 0 Å². The summed E-state index contributed by atoms with van der Waals surface area (Å²) in [6.45, 7) is 0.110. The minimum atomic E-state index is -3.82. The van der Waals surface area contributed by atoms with Gasteiger partial charge in [-0.25, -0.2) is 17.9 Å². The number of carbonyl (C=O) groups excluding carboxylic acids is 1. The fourth-order valence-electron chi connectivity index (χ4n) is 2.89. The number of aromatic nitrogens is 3. The Morgan fingerprint density at radius 2 is 2.03 bits per heavy atom. The molecule has 0 bridgehead atoms. The van der Waals surface area contributed by atoms with E-state index in [0.717, 1.165) is 5.56 Å². The fourth-order valence-corrected chi connectivity index (χ4v) is 3.93. The van der Waals surface area contributed by atoms with Gasteiger partial charge in [0.25, 0.3) is 0 Å². The number of nitrogens with one attached hydrogen (secondary N) is 1. The average Bonchev–Trinajstić information content (AvgIpc) is 3.53. The minimum absolute atomic E-state index is 0.00216. The minimum Gasteiger partial charge on any atom is -0.468 e. The molecule has 0 radical (unpaired) electrons. The highest BCUT2D eigenvalue weighted by atomic mass is 32.2. The maximum Gasteiger partial charge on any atom is 0.338 e. The molecule has 0 aliphatic heterocycles. The van der Waals surface area contributed by atoms with Crippen molar-refractivity contribution >= 4 is 16.0 Å². The summed E-state index contributed by atoms with van der Waals surface area (Å²) in [6, 6.07) is 12.6. The van der Waals surface area contributed by atoms with Crippen LogP contribution in [-0.2, 0) is 27.7 Å². The Bertz CT molecular complexity index is 1300. The Balaban J connectivity index is 1.28. The predicted octanol–water partition coefficient (Wildman–Crippen LogP) is 2.99. The Morgan fingerprint density at radius 1 is 1.12 bits per heavy atom. The maximum atomic E-state index is 12.5. The van der Waals surface area contributed by atoms with Crippen LogP contribution in [0.25, 0.3) is 11.4 Å². The highest BCUT2D eigenvalue weighted by molar-refractivity contribution is 7.89. The highest BCUT2D eigenvalue weighted by Gasteiger charge is 2.17. The lowest BCUT2D eigenvalue weighted by molar-refractivity contribution is 0.0498. The monoisotopic (exact) mass is 468 g/mol. The number of benzene rings is 1. The lowest BCUT2D eigenvalue weighted by Crippen LogP contribution is -2.23. The molecule has 0 atom stereocenters. The SMILES string of the molecule is O=C(OCCCc1nc(-c2cccnc2)no1)c1cccc(S(=O)(=O)NCc2ccco2)c1. The standard InChI is InChI=1S/C22H20N4O6S/c27-22(31-12-4-9-20-25-21(26-32-20)17-6-2-10-23-14-17)16-5-1-8-19(13-16)33(28,29)24-15-18-7-3-11-30-18/h1-3,5-8,10-11,13-14,24H,4,9,12,15H2. The van der Waals surface area contributed by atoms with Crippen LogP contribution in [0.5, 0.6) is 0 Å². The third-order valence-corrected chi connectivity index (χ3v) is 5.95. The van der Waals surface area contributed by atoms with E-state index in [1.165, 1.54) is 30.5 Å². The van der Waals surface area contributed by atoms with Gasteiger partial charge in [0.2, 0.25) is 21.7 Å². The summed E-state index contributed by atoms with van der Waals surface area (Å²) in [4.78, 5) is 20.6. The zero-order valence-corrected chi connectivity index (χ0v) is 18.2.